The van der Waals surface area contributed by atoms with Gasteiger partial charge >= 0.3 is 0 Å². The lowest BCUT2D eigenvalue weighted by molar-refractivity contribution is -0.280. The first-order valence-corrected chi connectivity index (χ1v) is 9.94. The topological polar surface area (TPSA) is 77.8 Å². The Kier molecular flexibility index (Phi) is 3.82. The molecule has 4 aliphatic rings. The molecule has 1 unspecified atom stereocenters. The first-order chi connectivity index (χ1) is 11.6. The summed E-state index contributed by atoms with van der Waals surface area (Å²) in [6, 6.07) is 0. The van der Waals surface area contributed by atoms with Crippen molar-refractivity contribution in [1.82, 2.24) is 0 Å². The molecule has 3 N–H and O–H groups in total. The smallest absolute Gasteiger partial charge is 0.174 e. The number of allylic oxidation sites excluding steroid dienone is 1. The van der Waals surface area contributed by atoms with Crippen LogP contribution in [0.4, 0.5) is 0 Å². The number of ketones is 1. The molecule has 0 spiro atoms. The lowest BCUT2D eigenvalue weighted by atomic mass is 9.46. The predicted octanol–water partition coefficient (Wildman–Crippen LogP) is 2.81. The van der Waals surface area contributed by atoms with Crippen LogP contribution in [0, 0.1) is 34.5 Å². The summed E-state index contributed by atoms with van der Waals surface area (Å²) in [6.07, 6.45) is 7.03. The van der Waals surface area contributed by atoms with Gasteiger partial charge in [-0.2, -0.15) is 0 Å². The number of hydrogen-bond donors (Lipinski definition) is 3. The molecule has 0 aromatic carbocycles. The maximum absolute atomic E-state index is 12.2. The van der Waals surface area contributed by atoms with Gasteiger partial charge in [0.1, 0.15) is 5.78 Å². The Morgan fingerprint density at radius 1 is 1.16 bits per heavy atom. The Morgan fingerprint density at radius 2 is 1.88 bits per heavy atom. The number of aliphatic hydroxyl groups excluding tert-OH is 1. The van der Waals surface area contributed by atoms with E-state index < -0.39 is 17.3 Å². The fraction of sp³-hybridized carbons (Fsp3) is 0.857. The molecule has 0 amide bonds. The van der Waals surface area contributed by atoms with E-state index in [-0.39, 0.29) is 23.7 Å². The van der Waals surface area contributed by atoms with Gasteiger partial charge in [-0.3, -0.25) is 4.79 Å². The van der Waals surface area contributed by atoms with E-state index >= 15 is 0 Å². The summed E-state index contributed by atoms with van der Waals surface area (Å²) in [5, 5.41) is 31.9. The van der Waals surface area contributed by atoms with Gasteiger partial charge in [-0.05, 0) is 68.6 Å². The Morgan fingerprint density at radius 3 is 2.56 bits per heavy atom. The Bertz CT molecular complexity index is 623. The highest BCUT2D eigenvalue weighted by atomic mass is 16.5. The maximum Gasteiger partial charge on any atom is 0.174 e. The van der Waals surface area contributed by atoms with Gasteiger partial charge in [0.15, 0.2) is 5.79 Å². The third-order valence-electron chi connectivity index (χ3n) is 8.78. The van der Waals surface area contributed by atoms with Crippen LogP contribution in [0.15, 0.2) is 11.6 Å². The summed E-state index contributed by atoms with van der Waals surface area (Å²) in [6.45, 7) is 6.03. The van der Waals surface area contributed by atoms with Crippen molar-refractivity contribution < 1.29 is 20.1 Å². The zero-order valence-electron chi connectivity index (χ0n) is 15.7. The maximum atomic E-state index is 12.2. The van der Waals surface area contributed by atoms with Crippen LogP contribution in [-0.2, 0) is 4.79 Å². The first kappa shape index (κ1) is 17.7. The van der Waals surface area contributed by atoms with Gasteiger partial charge < -0.3 is 15.3 Å². The highest BCUT2D eigenvalue weighted by Crippen LogP contribution is 2.67. The predicted molar refractivity (Wildman–Crippen MR) is 94.4 cm³/mol. The Hall–Kier alpha value is -0.710. The number of carbonyl (C=O) groups is 1. The second kappa shape index (κ2) is 5.40. The molecule has 3 fully saturated rings. The summed E-state index contributed by atoms with van der Waals surface area (Å²) >= 11 is 0. The second-order valence-corrected chi connectivity index (χ2v) is 9.71. The molecule has 7 atom stereocenters. The molecular formula is C21H32O4. The normalized spacial score (nSPS) is 51.1. The lowest BCUT2D eigenvalue weighted by Crippen LogP contribution is -2.62. The fourth-order valence-electron chi connectivity index (χ4n) is 7.45. The van der Waals surface area contributed by atoms with Gasteiger partial charge in [0.05, 0.1) is 6.10 Å². The average molecular weight is 348 g/mol. The van der Waals surface area contributed by atoms with Crippen LogP contribution in [0.3, 0.4) is 0 Å². The molecule has 4 heteroatoms. The minimum atomic E-state index is -1.86. The number of hydrogen-bond acceptors (Lipinski definition) is 4. The van der Waals surface area contributed by atoms with E-state index in [9.17, 15) is 20.1 Å². The summed E-state index contributed by atoms with van der Waals surface area (Å²) in [7, 11) is 0. The number of fused-ring (bicyclic) bond motifs is 5. The molecule has 0 saturated heterocycles. The van der Waals surface area contributed by atoms with Gasteiger partial charge in [-0.25, -0.2) is 0 Å². The number of rotatable bonds is 1. The van der Waals surface area contributed by atoms with E-state index in [4.69, 9.17) is 0 Å². The molecule has 4 rings (SSSR count). The summed E-state index contributed by atoms with van der Waals surface area (Å²) in [4.78, 5) is 12.2. The summed E-state index contributed by atoms with van der Waals surface area (Å²) in [5.41, 5.74) is 0.420. The molecule has 3 saturated carbocycles. The van der Waals surface area contributed by atoms with Gasteiger partial charge in [0.25, 0.3) is 0 Å². The van der Waals surface area contributed by atoms with Crippen molar-refractivity contribution >= 4 is 5.78 Å². The van der Waals surface area contributed by atoms with Crippen molar-refractivity contribution in [1.29, 1.82) is 0 Å². The van der Waals surface area contributed by atoms with E-state index in [1.165, 1.54) is 0 Å². The van der Waals surface area contributed by atoms with Crippen molar-refractivity contribution in [2.45, 2.75) is 77.6 Å². The van der Waals surface area contributed by atoms with Gasteiger partial charge in [-0.1, -0.05) is 25.5 Å². The number of carbonyl (C=O) groups excluding carboxylic acids is 1. The van der Waals surface area contributed by atoms with Crippen molar-refractivity contribution in [3.63, 3.8) is 0 Å². The lowest BCUT2D eigenvalue weighted by Gasteiger charge is -2.61. The van der Waals surface area contributed by atoms with Crippen molar-refractivity contribution in [3.05, 3.63) is 11.6 Å². The third-order valence-corrected chi connectivity index (χ3v) is 8.78. The summed E-state index contributed by atoms with van der Waals surface area (Å²) in [5.74, 6) is -0.257. The Balaban J connectivity index is 1.73. The van der Waals surface area contributed by atoms with Crippen molar-refractivity contribution in [2.24, 2.45) is 34.5 Å². The van der Waals surface area contributed by atoms with E-state index in [0.717, 1.165) is 37.7 Å². The molecular weight excluding hydrogens is 316 g/mol. The van der Waals surface area contributed by atoms with Crippen LogP contribution in [0.5, 0.6) is 0 Å². The highest BCUT2D eigenvalue weighted by Gasteiger charge is 2.64. The second-order valence-electron chi connectivity index (χ2n) is 9.71. The van der Waals surface area contributed by atoms with Gasteiger partial charge in [0, 0.05) is 17.8 Å². The molecule has 25 heavy (non-hydrogen) atoms. The monoisotopic (exact) mass is 348 g/mol. The average Bonchev–Trinajstić information content (AvgIpc) is 2.85. The summed E-state index contributed by atoms with van der Waals surface area (Å²) < 4.78 is 0. The SMILES string of the molecule is CC(=O)[C@H]1CC[C@H]2[C@@H]3CC=C4CC(O)CC(O)(O)[C@]4(C)[C@H]3CC[C@]12C. The molecule has 4 aliphatic carbocycles. The minimum absolute atomic E-state index is 0.0298. The van der Waals surface area contributed by atoms with E-state index in [1.807, 2.05) is 6.92 Å². The van der Waals surface area contributed by atoms with E-state index in [1.54, 1.807) is 6.92 Å². The minimum Gasteiger partial charge on any atom is -0.393 e. The largest absolute Gasteiger partial charge is 0.393 e. The number of aliphatic hydroxyl groups is 3. The zero-order chi connectivity index (χ0) is 18.2. The quantitative estimate of drug-likeness (QED) is 0.503. The van der Waals surface area contributed by atoms with Crippen molar-refractivity contribution in [2.75, 3.05) is 0 Å². The molecule has 0 aromatic rings. The number of Topliss-reactive ketones (excluding diaryl/α,β-unsaturated/α-hetero) is 1. The van der Waals surface area contributed by atoms with Gasteiger partial charge in [0.2, 0.25) is 0 Å². The molecule has 0 aromatic heterocycles. The van der Waals surface area contributed by atoms with Crippen LogP contribution in [-0.4, -0.2) is 33.0 Å². The molecule has 0 radical (unpaired) electrons. The molecule has 0 heterocycles. The molecule has 140 valence electrons. The highest BCUT2D eigenvalue weighted by molar-refractivity contribution is 5.79. The van der Waals surface area contributed by atoms with E-state index in [0.29, 0.717) is 24.0 Å². The van der Waals surface area contributed by atoms with Crippen LogP contribution >= 0.6 is 0 Å². The molecule has 4 nitrogen and oxygen atoms in total. The van der Waals surface area contributed by atoms with Crippen LogP contribution in [0.2, 0.25) is 0 Å². The van der Waals surface area contributed by atoms with Gasteiger partial charge in [-0.15, -0.1) is 0 Å². The van der Waals surface area contributed by atoms with Crippen molar-refractivity contribution in [3.8, 4) is 0 Å². The molecule has 0 bridgehead atoms. The third kappa shape index (κ3) is 2.20. The van der Waals surface area contributed by atoms with E-state index in [2.05, 4.69) is 13.0 Å². The van der Waals surface area contributed by atoms with Crippen LogP contribution in [0.1, 0.15) is 65.7 Å². The van der Waals surface area contributed by atoms with Crippen LogP contribution in [0.25, 0.3) is 0 Å². The Labute approximate surface area is 150 Å². The standard InChI is InChI=1S/C21H32O4/c1-12(22)16-6-7-17-15-5-4-13-10-14(23)11-21(24,25)20(13,3)18(15)8-9-19(16,17)2/h4,14-18,23-25H,5-11H2,1-3H3/t14?,15-,16+,17-,18-,19+,20-/m0/s1. The first-order valence-electron chi connectivity index (χ1n) is 9.94. The zero-order valence-corrected chi connectivity index (χ0v) is 15.7. The fourth-order valence-corrected chi connectivity index (χ4v) is 7.45. The molecule has 0 aliphatic heterocycles. The van der Waals surface area contributed by atoms with Crippen LogP contribution < -0.4 is 0 Å².